The van der Waals surface area contributed by atoms with Crippen LogP contribution in [0.3, 0.4) is 0 Å². The van der Waals surface area contributed by atoms with Gasteiger partial charge in [-0.05, 0) is 45.9 Å². The Balaban J connectivity index is 2.21. The number of anilines is 1. The molecule has 0 aliphatic rings. The molecule has 0 radical (unpaired) electrons. The molecule has 1 amide bonds. The Hall–Kier alpha value is -1.13. The van der Waals surface area contributed by atoms with Crippen molar-refractivity contribution in [2.24, 2.45) is 0 Å². The zero-order valence-corrected chi connectivity index (χ0v) is 11.1. The van der Waals surface area contributed by atoms with Crippen LogP contribution in [0, 0.1) is 6.92 Å². The summed E-state index contributed by atoms with van der Waals surface area (Å²) in [5.41, 5.74) is 1.91. The van der Waals surface area contributed by atoms with Gasteiger partial charge in [0.1, 0.15) is 4.88 Å². The summed E-state index contributed by atoms with van der Waals surface area (Å²) in [5.74, 6) is -0.0730. The summed E-state index contributed by atoms with van der Waals surface area (Å²) < 4.78 is 0.837. The predicted molar refractivity (Wildman–Crippen MR) is 71.2 cm³/mol. The van der Waals surface area contributed by atoms with Gasteiger partial charge in [0.25, 0.3) is 5.91 Å². The minimum absolute atomic E-state index is 0.0730. The highest BCUT2D eigenvalue weighted by Crippen LogP contribution is 2.24. The van der Waals surface area contributed by atoms with E-state index in [-0.39, 0.29) is 5.91 Å². The van der Waals surface area contributed by atoms with Gasteiger partial charge in [-0.2, -0.15) is 0 Å². The molecule has 0 atom stereocenters. The van der Waals surface area contributed by atoms with Crippen molar-refractivity contribution in [2.45, 2.75) is 6.92 Å². The molecule has 2 aromatic rings. The molecule has 1 heterocycles. The molecule has 0 bridgehead atoms. The third-order valence-corrected chi connectivity index (χ3v) is 4.05. The van der Waals surface area contributed by atoms with Crippen LogP contribution < -0.4 is 5.32 Å². The van der Waals surface area contributed by atoms with Crippen molar-refractivity contribution in [2.75, 3.05) is 5.32 Å². The van der Waals surface area contributed by atoms with Crippen molar-refractivity contribution in [3.05, 3.63) is 50.6 Å². The molecule has 0 saturated heterocycles. The standard InChI is InChI=1S/C12H10BrNOS/c1-8-4-2-3-5-10(8)14-12(15)11-9(13)6-7-16-11/h2-7H,1H3,(H,14,15). The van der Waals surface area contributed by atoms with Gasteiger partial charge in [-0.15, -0.1) is 11.3 Å². The number of hydrogen-bond donors (Lipinski definition) is 1. The van der Waals surface area contributed by atoms with Gasteiger partial charge in [0.2, 0.25) is 0 Å². The van der Waals surface area contributed by atoms with Gasteiger partial charge in [-0.3, -0.25) is 4.79 Å². The summed E-state index contributed by atoms with van der Waals surface area (Å²) >= 11 is 4.77. The maximum atomic E-state index is 11.9. The van der Waals surface area contributed by atoms with Crippen molar-refractivity contribution < 1.29 is 4.79 Å². The Kier molecular flexibility index (Phi) is 3.41. The van der Waals surface area contributed by atoms with Gasteiger partial charge >= 0.3 is 0 Å². The van der Waals surface area contributed by atoms with E-state index in [9.17, 15) is 4.79 Å². The molecule has 1 aromatic heterocycles. The number of halogens is 1. The second kappa shape index (κ2) is 4.80. The number of carbonyl (C=O) groups excluding carboxylic acids is 1. The van der Waals surface area contributed by atoms with Crippen LogP contribution in [0.15, 0.2) is 40.2 Å². The number of nitrogens with one attached hydrogen (secondary N) is 1. The number of aryl methyl sites for hydroxylation is 1. The maximum Gasteiger partial charge on any atom is 0.266 e. The number of thiophene rings is 1. The van der Waals surface area contributed by atoms with Gasteiger partial charge in [0.05, 0.1) is 0 Å². The topological polar surface area (TPSA) is 29.1 Å². The minimum Gasteiger partial charge on any atom is -0.321 e. The summed E-state index contributed by atoms with van der Waals surface area (Å²) in [7, 11) is 0. The second-order valence-electron chi connectivity index (χ2n) is 3.37. The number of amides is 1. The molecule has 0 aliphatic heterocycles. The van der Waals surface area contributed by atoms with Crippen molar-refractivity contribution >= 4 is 38.9 Å². The highest BCUT2D eigenvalue weighted by molar-refractivity contribution is 9.10. The van der Waals surface area contributed by atoms with E-state index in [0.717, 1.165) is 15.7 Å². The van der Waals surface area contributed by atoms with Crippen molar-refractivity contribution in [1.29, 1.82) is 0 Å². The molecule has 16 heavy (non-hydrogen) atoms. The molecular formula is C12H10BrNOS. The summed E-state index contributed by atoms with van der Waals surface area (Å²) in [6.07, 6.45) is 0. The molecule has 0 aliphatic carbocycles. The summed E-state index contributed by atoms with van der Waals surface area (Å²) in [6.45, 7) is 1.97. The number of carbonyl (C=O) groups is 1. The van der Waals surface area contributed by atoms with Crippen molar-refractivity contribution in [1.82, 2.24) is 0 Å². The lowest BCUT2D eigenvalue weighted by Crippen LogP contribution is -2.11. The molecule has 82 valence electrons. The molecule has 4 heteroatoms. The normalized spacial score (nSPS) is 10.1. The molecule has 0 fully saturated rings. The number of hydrogen-bond acceptors (Lipinski definition) is 2. The number of rotatable bonds is 2. The monoisotopic (exact) mass is 295 g/mol. The Morgan fingerprint density at radius 1 is 1.31 bits per heavy atom. The zero-order valence-electron chi connectivity index (χ0n) is 8.66. The predicted octanol–water partition coefficient (Wildman–Crippen LogP) is 4.07. The molecule has 0 spiro atoms. The van der Waals surface area contributed by atoms with Crippen molar-refractivity contribution in [3.63, 3.8) is 0 Å². The average molecular weight is 296 g/mol. The van der Waals surface area contributed by atoms with Gasteiger partial charge in [-0.1, -0.05) is 18.2 Å². The van der Waals surface area contributed by atoms with E-state index < -0.39 is 0 Å². The minimum atomic E-state index is -0.0730. The van der Waals surface area contributed by atoms with Crippen LogP contribution in [0.4, 0.5) is 5.69 Å². The smallest absolute Gasteiger partial charge is 0.266 e. The Bertz CT molecular complexity index is 521. The first-order chi connectivity index (χ1) is 7.68. The quantitative estimate of drug-likeness (QED) is 0.889. The van der Waals surface area contributed by atoms with E-state index >= 15 is 0 Å². The maximum absolute atomic E-state index is 11.9. The van der Waals surface area contributed by atoms with Crippen LogP contribution in [0.25, 0.3) is 0 Å². The highest BCUT2D eigenvalue weighted by Gasteiger charge is 2.12. The van der Waals surface area contributed by atoms with Gasteiger partial charge in [-0.25, -0.2) is 0 Å². The Labute approximate surface area is 106 Å². The highest BCUT2D eigenvalue weighted by atomic mass is 79.9. The van der Waals surface area contributed by atoms with E-state index in [1.165, 1.54) is 11.3 Å². The van der Waals surface area contributed by atoms with E-state index in [1.54, 1.807) is 0 Å². The fraction of sp³-hybridized carbons (Fsp3) is 0.0833. The number of benzene rings is 1. The Morgan fingerprint density at radius 2 is 2.06 bits per heavy atom. The summed E-state index contributed by atoms with van der Waals surface area (Å²) in [5, 5.41) is 4.78. The van der Waals surface area contributed by atoms with Gasteiger partial charge in [0, 0.05) is 10.2 Å². The third-order valence-electron chi connectivity index (χ3n) is 2.22. The average Bonchev–Trinajstić information content (AvgIpc) is 2.68. The first-order valence-electron chi connectivity index (χ1n) is 4.78. The van der Waals surface area contributed by atoms with Crippen LogP contribution in [0.2, 0.25) is 0 Å². The van der Waals surface area contributed by atoms with E-state index in [1.807, 2.05) is 42.6 Å². The van der Waals surface area contributed by atoms with E-state index in [2.05, 4.69) is 21.2 Å². The van der Waals surface area contributed by atoms with Crippen LogP contribution in [0.1, 0.15) is 15.2 Å². The van der Waals surface area contributed by atoms with Crippen LogP contribution in [-0.2, 0) is 0 Å². The van der Waals surface area contributed by atoms with E-state index in [0.29, 0.717) is 4.88 Å². The lowest BCUT2D eigenvalue weighted by Gasteiger charge is -2.06. The second-order valence-corrected chi connectivity index (χ2v) is 5.14. The van der Waals surface area contributed by atoms with Crippen LogP contribution in [0.5, 0.6) is 0 Å². The molecule has 0 unspecified atom stereocenters. The molecule has 1 aromatic carbocycles. The Morgan fingerprint density at radius 3 is 2.69 bits per heavy atom. The van der Waals surface area contributed by atoms with Crippen molar-refractivity contribution in [3.8, 4) is 0 Å². The SMILES string of the molecule is Cc1ccccc1NC(=O)c1sccc1Br. The lowest BCUT2D eigenvalue weighted by molar-refractivity contribution is 0.103. The fourth-order valence-electron chi connectivity index (χ4n) is 1.35. The van der Waals surface area contributed by atoms with E-state index in [4.69, 9.17) is 0 Å². The molecule has 0 saturated carbocycles. The summed E-state index contributed by atoms with van der Waals surface area (Å²) in [4.78, 5) is 12.6. The lowest BCUT2D eigenvalue weighted by atomic mass is 10.2. The van der Waals surface area contributed by atoms with Gasteiger partial charge < -0.3 is 5.32 Å². The first-order valence-corrected chi connectivity index (χ1v) is 6.45. The summed E-state index contributed by atoms with van der Waals surface area (Å²) in [6, 6.07) is 9.60. The number of para-hydroxylation sites is 1. The zero-order chi connectivity index (χ0) is 11.5. The first kappa shape index (κ1) is 11.4. The van der Waals surface area contributed by atoms with Gasteiger partial charge in [0.15, 0.2) is 0 Å². The molecular weight excluding hydrogens is 286 g/mol. The third kappa shape index (κ3) is 2.33. The van der Waals surface area contributed by atoms with Crippen LogP contribution in [-0.4, -0.2) is 5.91 Å². The largest absolute Gasteiger partial charge is 0.321 e. The molecule has 1 N–H and O–H groups in total. The van der Waals surface area contributed by atoms with Crippen LogP contribution >= 0.6 is 27.3 Å². The molecule has 2 nitrogen and oxygen atoms in total. The molecule has 2 rings (SSSR count). The fourth-order valence-corrected chi connectivity index (χ4v) is 2.79.